The summed E-state index contributed by atoms with van der Waals surface area (Å²) in [5.74, 6) is -0.331. The van der Waals surface area contributed by atoms with E-state index in [9.17, 15) is 18.0 Å². The number of halogens is 3. The molecule has 0 saturated heterocycles. The maximum Gasteiger partial charge on any atom is 0.416 e. The number of hydrogen-bond acceptors (Lipinski definition) is 2. The van der Waals surface area contributed by atoms with Gasteiger partial charge >= 0.3 is 6.18 Å². The first-order valence-electron chi connectivity index (χ1n) is 8.35. The van der Waals surface area contributed by atoms with Crippen LogP contribution in [0, 0.1) is 6.92 Å². The topological polar surface area (TPSA) is 46.9 Å². The molecule has 0 saturated carbocycles. The predicted octanol–water partition coefficient (Wildman–Crippen LogP) is 4.69. The van der Waals surface area contributed by atoms with E-state index in [2.05, 4.69) is 10.4 Å². The highest BCUT2D eigenvalue weighted by Gasteiger charge is 2.30. The second kappa shape index (κ2) is 7.26. The van der Waals surface area contributed by atoms with Gasteiger partial charge in [0.15, 0.2) is 0 Å². The Morgan fingerprint density at radius 1 is 1.11 bits per heavy atom. The Morgan fingerprint density at radius 2 is 1.81 bits per heavy atom. The van der Waals surface area contributed by atoms with Crippen LogP contribution in [0.15, 0.2) is 60.8 Å². The minimum Gasteiger partial charge on any atom is -0.345 e. The lowest BCUT2D eigenvalue weighted by molar-refractivity contribution is -0.137. The van der Waals surface area contributed by atoms with E-state index in [1.54, 1.807) is 6.92 Å². The SMILES string of the molecule is Cc1c(C(=O)N[C@@H](C)c2ccccc2)cnn1-c1cccc(C(F)(F)F)c1. The molecule has 1 atom stereocenters. The smallest absolute Gasteiger partial charge is 0.345 e. The summed E-state index contributed by atoms with van der Waals surface area (Å²) in [5.41, 5.74) is 1.21. The summed E-state index contributed by atoms with van der Waals surface area (Å²) >= 11 is 0. The second-order valence-corrected chi connectivity index (χ2v) is 6.21. The van der Waals surface area contributed by atoms with Crippen molar-refractivity contribution < 1.29 is 18.0 Å². The van der Waals surface area contributed by atoms with Crippen LogP contribution in [0.25, 0.3) is 5.69 Å². The van der Waals surface area contributed by atoms with Gasteiger partial charge in [0.25, 0.3) is 5.91 Å². The number of amides is 1. The normalized spacial score (nSPS) is 12.6. The molecule has 2 aromatic carbocycles. The molecule has 0 bridgehead atoms. The summed E-state index contributed by atoms with van der Waals surface area (Å²) in [6.07, 6.45) is -3.08. The van der Waals surface area contributed by atoms with Crippen LogP contribution in [0.3, 0.4) is 0 Å². The van der Waals surface area contributed by atoms with Crippen molar-refractivity contribution in [3.8, 4) is 5.69 Å². The summed E-state index contributed by atoms with van der Waals surface area (Å²) in [4.78, 5) is 12.6. The van der Waals surface area contributed by atoms with E-state index >= 15 is 0 Å². The summed E-state index contributed by atoms with van der Waals surface area (Å²) < 4.78 is 40.1. The Morgan fingerprint density at radius 3 is 2.48 bits per heavy atom. The van der Waals surface area contributed by atoms with Gasteiger partial charge in [-0.25, -0.2) is 4.68 Å². The highest BCUT2D eigenvalue weighted by molar-refractivity contribution is 5.95. The van der Waals surface area contributed by atoms with Gasteiger partial charge in [0.1, 0.15) is 0 Å². The molecule has 1 aromatic heterocycles. The Kier molecular flexibility index (Phi) is 5.03. The van der Waals surface area contributed by atoms with E-state index in [0.717, 1.165) is 17.7 Å². The van der Waals surface area contributed by atoms with Crippen LogP contribution in [0.2, 0.25) is 0 Å². The molecule has 0 aliphatic heterocycles. The fraction of sp³-hybridized carbons (Fsp3) is 0.200. The number of benzene rings is 2. The number of hydrogen-bond donors (Lipinski definition) is 1. The van der Waals surface area contributed by atoms with Crippen LogP contribution >= 0.6 is 0 Å². The fourth-order valence-corrected chi connectivity index (χ4v) is 2.81. The minimum atomic E-state index is -4.44. The van der Waals surface area contributed by atoms with Crippen molar-refractivity contribution >= 4 is 5.91 Å². The van der Waals surface area contributed by atoms with E-state index in [1.807, 2.05) is 37.3 Å². The first-order chi connectivity index (χ1) is 12.8. The van der Waals surface area contributed by atoms with E-state index in [4.69, 9.17) is 0 Å². The van der Waals surface area contributed by atoms with Gasteiger partial charge in [0, 0.05) is 0 Å². The molecule has 1 amide bonds. The number of carbonyl (C=O) groups is 1. The number of aromatic nitrogens is 2. The van der Waals surface area contributed by atoms with Crippen molar-refractivity contribution in [3.05, 3.63) is 83.2 Å². The zero-order valence-electron chi connectivity index (χ0n) is 14.8. The number of nitrogens with zero attached hydrogens (tertiary/aromatic N) is 2. The highest BCUT2D eigenvalue weighted by atomic mass is 19.4. The highest BCUT2D eigenvalue weighted by Crippen LogP contribution is 2.30. The number of alkyl halides is 3. The Balaban J connectivity index is 1.84. The molecule has 27 heavy (non-hydrogen) atoms. The van der Waals surface area contributed by atoms with Gasteiger partial charge in [0.2, 0.25) is 0 Å². The van der Waals surface area contributed by atoms with Gasteiger partial charge in [-0.2, -0.15) is 18.3 Å². The van der Waals surface area contributed by atoms with Crippen molar-refractivity contribution in [2.75, 3.05) is 0 Å². The molecule has 3 aromatic rings. The summed E-state index contributed by atoms with van der Waals surface area (Å²) in [6.45, 7) is 3.51. The third-order valence-corrected chi connectivity index (χ3v) is 4.32. The van der Waals surface area contributed by atoms with Crippen molar-refractivity contribution in [2.24, 2.45) is 0 Å². The lowest BCUT2D eigenvalue weighted by Gasteiger charge is -2.14. The molecular formula is C20H18F3N3O. The summed E-state index contributed by atoms with van der Waals surface area (Å²) in [7, 11) is 0. The fourth-order valence-electron chi connectivity index (χ4n) is 2.81. The maximum absolute atomic E-state index is 12.9. The quantitative estimate of drug-likeness (QED) is 0.721. The summed E-state index contributed by atoms with van der Waals surface area (Å²) in [5, 5.41) is 6.98. The Hall–Kier alpha value is -3.09. The number of rotatable bonds is 4. The molecule has 0 aliphatic rings. The Bertz CT molecular complexity index is 949. The molecule has 3 rings (SSSR count). The first-order valence-corrected chi connectivity index (χ1v) is 8.35. The largest absolute Gasteiger partial charge is 0.416 e. The minimum absolute atomic E-state index is 0.213. The lowest BCUT2D eigenvalue weighted by Crippen LogP contribution is -2.27. The molecule has 0 unspecified atom stereocenters. The molecule has 0 spiro atoms. The average molecular weight is 373 g/mol. The van der Waals surface area contributed by atoms with Crippen LogP contribution in [-0.2, 0) is 6.18 Å². The molecule has 7 heteroatoms. The molecular weight excluding hydrogens is 355 g/mol. The maximum atomic E-state index is 12.9. The zero-order valence-corrected chi connectivity index (χ0v) is 14.8. The second-order valence-electron chi connectivity index (χ2n) is 6.21. The standard InChI is InChI=1S/C20H18F3N3O/c1-13(15-7-4-3-5-8-15)25-19(27)18-12-24-26(14(18)2)17-10-6-9-16(11-17)20(21,22)23/h3-13H,1-2H3,(H,25,27)/t13-/m0/s1. The molecule has 1 N–H and O–H groups in total. The molecule has 0 fully saturated rings. The van der Waals surface area contributed by atoms with E-state index in [1.165, 1.54) is 23.0 Å². The molecule has 0 radical (unpaired) electrons. The number of nitrogens with one attached hydrogen (secondary N) is 1. The third kappa shape index (κ3) is 4.02. The van der Waals surface area contributed by atoms with Crippen LogP contribution in [0.1, 0.15) is 40.1 Å². The number of carbonyl (C=O) groups excluding carboxylic acids is 1. The zero-order chi connectivity index (χ0) is 19.6. The van der Waals surface area contributed by atoms with Gasteiger partial charge < -0.3 is 5.32 Å². The van der Waals surface area contributed by atoms with Crippen LogP contribution < -0.4 is 5.32 Å². The van der Waals surface area contributed by atoms with Crippen LogP contribution in [0.5, 0.6) is 0 Å². The van der Waals surface area contributed by atoms with Crippen molar-refractivity contribution in [3.63, 3.8) is 0 Å². The van der Waals surface area contributed by atoms with Crippen molar-refractivity contribution in [1.82, 2.24) is 15.1 Å². The molecule has 1 heterocycles. The van der Waals surface area contributed by atoms with E-state index < -0.39 is 11.7 Å². The van der Waals surface area contributed by atoms with E-state index in [-0.39, 0.29) is 17.6 Å². The van der Waals surface area contributed by atoms with Crippen molar-refractivity contribution in [1.29, 1.82) is 0 Å². The average Bonchev–Trinajstić information content (AvgIpc) is 3.03. The predicted molar refractivity (Wildman–Crippen MR) is 95.6 cm³/mol. The molecule has 4 nitrogen and oxygen atoms in total. The van der Waals surface area contributed by atoms with Crippen LogP contribution in [0.4, 0.5) is 13.2 Å². The van der Waals surface area contributed by atoms with Gasteiger partial charge in [0.05, 0.1) is 34.7 Å². The van der Waals surface area contributed by atoms with Gasteiger partial charge in [-0.15, -0.1) is 0 Å². The van der Waals surface area contributed by atoms with Gasteiger partial charge in [-0.1, -0.05) is 36.4 Å². The van der Waals surface area contributed by atoms with Gasteiger partial charge in [-0.05, 0) is 37.6 Å². The monoisotopic (exact) mass is 373 g/mol. The summed E-state index contributed by atoms with van der Waals surface area (Å²) in [6, 6.07) is 14.1. The lowest BCUT2D eigenvalue weighted by atomic mass is 10.1. The third-order valence-electron chi connectivity index (χ3n) is 4.32. The Labute approximate surface area is 154 Å². The molecule has 140 valence electrons. The molecule has 0 aliphatic carbocycles. The van der Waals surface area contributed by atoms with Crippen LogP contribution in [-0.4, -0.2) is 15.7 Å². The van der Waals surface area contributed by atoms with Gasteiger partial charge in [-0.3, -0.25) is 4.79 Å². The van der Waals surface area contributed by atoms with Crippen molar-refractivity contribution in [2.45, 2.75) is 26.1 Å². The van der Waals surface area contributed by atoms with E-state index in [0.29, 0.717) is 11.3 Å². The first kappa shape index (κ1) is 18.7.